The quantitative estimate of drug-likeness (QED) is 0.804. The molecule has 1 aromatic carbocycles. The van der Waals surface area contributed by atoms with Gasteiger partial charge in [-0.25, -0.2) is 0 Å². The lowest BCUT2D eigenvalue weighted by molar-refractivity contribution is 0.415. The van der Waals surface area contributed by atoms with E-state index in [1.54, 1.807) is 7.11 Å². The Morgan fingerprint density at radius 3 is 2.93 bits per heavy atom. The fourth-order valence-corrected chi connectivity index (χ4v) is 1.81. The van der Waals surface area contributed by atoms with E-state index in [1.165, 1.54) is 10.9 Å². The summed E-state index contributed by atoms with van der Waals surface area (Å²) in [7, 11) is 1.67. The Morgan fingerprint density at radius 1 is 1.47 bits per heavy atom. The molecule has 0 fully saturated rings. The Balaban J connectivity index is 2.43. The lowest BCUT2D eigenvalue weighted by atomic mass is 10.1. The maximum atomic E-state index is 5.79. The smallest absolute Gasteiger partial charge is 0.120 e. The summed E-state index contributed by atoms with van der Waals surface area (Å²) in [5.41, 5.74) is 8.16. The minimum atomic E-state index is 0.186. The predicted molar refractivity (Wildman–Crippen MR) is 62.2 cm³/mol. The van der Waals surface area contributed by atoms with E-state index in [0.717, 1.165) is 17.7 Å². The Kier molecular flexibility index (Phi) is 2.64. The van der Waals surface area contributed by atoms with Gasteiger partial charge in [0.25, 0.3) is 0 Å². The van der Waals surface area contributed by atoms with Crippen molar-refractivity contribution in [3.05, 3.63) is 30.0 Å². The highest BCUT2D eigenvalue weighted by atomic mass is 16.5. The molecule has 0 saturated heterocycles. The van der Waals surface area contributed by atoms with Gasteiger partial charge < -0.3 is 15.5 Å². The van der Waals surface area contributed by atoms with Crippen molar-refractivity contribution < 1.29 is 4.74 Å². The van der Waals surface area contributed by atoms with Crippen LogP contribution in [0.4, 0.5) is 0 Å². The molecule has 3 nitrogen and oxygen atoms in total. The lowest BCUT2D eigenvalue weighted by Crippen LogP contribution is -2.17. The number of aromatic nitrogens is 1. The molecule has 0 aliphatic carbocycles. The van der Waals surface area contributed by atoms with Crippen molar-refractivity contribution in [1.29, 1.82) is 0 Å². The molecule has 80 valence electrons. The van der Waals surface area contributed by atoms with Gasteiger partial charge in [-0.3, -0.25) is 0 Å². The summed E-state index contributed by atoms with van der Waals surface area (Å²) in [6.45, 7) is 2.02. The largest absolute Gasteiger partial charge is 0.497 e. The molecule has 0 bridgehead atoms. The van der Waals surface area contributed by atoms with Gasteiger partial charge in [-0.2, -0.15) is 0 Å². The van der Waals surface area contributed by atoms with Crippen LogP contribution in [-0.2, 0) is 6.42 Å². The van der Waals surface area contributed by atoms with Crippen LogP contribution in [-0.4, -0.2) is 18.1 Å². The molecule has 3 N–H and O–H groups in total. The minimum Gasteiger partial charge on any atom is -0.497 e. The molecule has 0 aliphatic rings. The number of aromatic amines is 1. The second-order valence-electron chi connectivity index (χ2n) is 3.91. The zero-order chi connectivity index (χ0) is 10.8. The third-order valence-electron chi connectivity index (χ3n) is 2.52. The molecule has 1 aromatic heterocycles. The van der Waals surface area contributed by atoms with E-state index in [9.17, 15) is 0 Å². The summed E-state index contributed by atoms with van der Waals surface area (Å²) >= 11 is 0. The highest BCUT2D eigenvalue weighted by molar-refractivity contribution is 5.84. The van der Waals surface area contributed by atoms with Gasteiger partial charge in [0.2, 0.25) is 0 Å². The van der Waals surface area contributed by atoms with Gasteiger partial charge in [0, 0.05) is 29.2 Å². The number of nitrogens with two attached hydrogens (primary N) is 1. The van der Waals surface area contributed by atoms with E-state index in [2.05, 4.69) is 11.1 Å². The van der Waals surface area contributed by atoms with Crippen molar-refractivity contribution in [3.8, 4) is 5.75 Å². The zero-order valence-corrected chi connectivity index (χ0v) is 9.08. The second-order valence-corrected chi connectivity index (χ2v) is 3.91. The molecule has 3 heteroatoms. The summed E-state index contributed by atoms with van der Waals surface area (Å²) < 4.78 is 5.17. The summed E-state index contributed by atoms with van der Waals surface area (Å²) in [5.74, 6) is 0.872. The van der Waals surface area contributed by atoms with E-state index < -0.39 is 0 Å². The van der Waals surface area contributed by atoms with Crippen molar-refractivity contribution >= 4 is 10.9 Å². The highest BCUT2D eigenvalue weighted by Crippen LogP contribution is 2.23. The fraction of sp³-hybridized carbons (Fsp3) is 0.333. The highest BCUT2D eigenvalue weighted by Gasteiger charge is 2.06. The van der Waals surface area contributed by atoms with Gasteiger partial charge >= 0.3 is 0 Å². The normalized spacial score (nSPS) is 13.0. The van der Waals surface area contributed by atoms with Crippen LogP contribution in [0.5, 0.6) is 5.75 Å². The van der Waals surface area contributed by atoms with Crippen LogP contribution in [0, 0.1) is 0 Å². The van der Waals surface area contributed by atoms with Crippen LogP contribution in [0.25, 0.3) is 10.9 Å². The fourth-order valence-electron chi connectivity index (χ4n) is 1.81. The first kappa shape index (κ1) is 10.1. The zero-order valence-electron chi connectivity index (χ0n) is 9.08. The predicted octanol–water partition coefficient (Wildman–Crippen LogP) is 2.07. The van der Waals surface area contributed by atoms with Gasteiger partial charge in [0.15, 0.2) is 0 Å². The van der Waals surface area contributed by atoms with Gasteiger partial charge in [0.05, 0.1) is 7.11 Å². The van der Waals surface area contributed by atoms with Crippen LogP contribution in [0.15, 0.2) is 24.4 Å². The van der Waals surface area contributed by atoms with Gasteiger partial charge in [-0.1, -0.05) is 0 Å². The van der Waals surface area contributed by atoms with Crippen molar-refractivity contribution in [1.82, 2.24) is 4.98 Å². The number of ether oxygens (including phenoxy) is 1. The SMILES string of the molecule is COc1ccc2c(C[C@@H](C)N)c[nH]c2c1. The van der Waals surface area contributed by atoms with Gasteiger partial charge in [-0.05, 0) is 31.0 Å². The molecular formula is C12H16N2O. The monoisotopic (exact) mass is 204 g/mol. The Morgan fingerprint density at radius 2 is 2.27 bits per heavy atom. The van der Waals surface area contributed by atoms with Gasteiger partial charge in [-0.15, -0.1) is 0 Å². The Hall–Kier alpha value is -1.48. The standard InChI is InChI=1S/C12H16N2O/c1-8(13)5-9-7-14-12-6-10(15-2)3-4-11(9)12/h3-4,6-8,14H,5,13H2,1-2H3/t8-/m1/s1. The minimum absolute atomic E-state index is 0.186. The number of H-pyrrole nitrogens is 1. The number of methoxy groups -OCH3 is 1. The molecule has 2 rings (SSSR count). The van der Waals surface area contributed by atoms with E-state index in [0.29, 0.717) is 0 Å². The molecule has 0 radical (unpaired) electrons. The summed E-state index contributed by atoms with van der Waals surface area (Å²) in [6.07, 6.45) is 2.92. The van der Waals surface area contributed by atoms with Crippen LogP contribution < -0.4 is 10.5 Å². The van der Waals surface area contributed by atoms with Crippen LogP contribution in [0.3, 0.4) is 0 Å². The summed E-state index contributed by atoms with van der Waals surface area (Å²) in [4.78, 5) is 3.23. The first-order chi connectivity index (χ1) is 7.20. The van der Waals surface area contributed by atoms with E-state index in [-0.39, 0.29) is 6.04 Å². The number of hydrogen-bond acceptors (Lipinski definition) is 2. The molecule has 0 amide bonds. The first-order valence-corrected chi connectivity index (χ1v) is 5.10. The Bertz CT molecular complexity index is 460. The topological polar surface area (TPSA) is 51.0 Å². The molecule has 0 spiro atoms. The number of rotatable bonds is 3. The molecular weight excluding hydrogens is 188 g/mol. The van der Waals surface area contributed by atoms with Crippen LogP contribution in [0.2, 0.25) is 0 Å². The van der Waals surface area contributed by atoms with Crippen molar-refractivity contribution in [3.63, 3.8) is 0 Å². The molecule has 15 heavy (non-hydrogen) atoms. The molecule has 0 aliphatic heterocycles. The van der Waals surface area contributed by atoms with Crippen LogP contribution >= 0.6 is 0 Å². The third-order valence-corrected chi connectivity index (χ3v) is 2.52. The lowest BCUT2D eigenvalue weighted by Gasteiger charge is -2.03. The molecule has 2 aromatic rings. The second kappa shape index (κ2) is 3.95. The maximum Gasteiger partial charge on any atom is 0.120 e. The molecule has 0 saturated carbocycles. The first-order valence-electron chi connectivity index (χ1n) is 5.10. The molecule has 1 atom stereocenters. The molecule has 0 unspecified atom stereocenters. The van der Waals surface area contributed by atoms with E-state index in [1.807, 2.05) is 25.3 Å². The maximum absolute atomic E-state index is 5.79. The molecule has 1 heterocycles. The number of hydrogen-bond donors (Lipinski definition) is 2. The Labute approximate surface area is 89.2 Å². The van der Waals surface area contributed by atoms with E-state index in [4.69, 9.17) is 10.5 Å². The van der Waals surface area contributed by atoms with Crippen molar-refractivity contribution in [2.45, 2.75) is 19.4 Å². The third kappa shape index (κ3) is 1.97. The van der Waals surface area contributed by atoms with E-state index >= 15 is 0 Å². The van der Waals surface area contributed by atoms with Crippen molar-refractivity contribution in [2.75, 3.05) is 7.11 Å². The average Bonchev–Trinajstić information content (AvgIpc) is 2.60. The average molecular weight is 204 g/mol. The summed E-state index contributed by atoms with van der Waals surface area (Å²) in [6, 6.07) is 6.23. The van der Waals surface area contributed by atoms with Crippen molar-refractivity contribution in [2.24, 2.45) is 5.73 Å². The van der Waals surface area contributed by atoms with Gasteiger partial charge in [0.1, 0.15) is 5.75 Å². The summed E-state index contributed by atoms with van der Waals surface area (Å²) in [5, 5.41) is 1.23. The number of benzene rings is 1. The van der Waals surface area contributed by atoms with Crippen LogP contribution in [0.1, 0.15) is 12.5 Å². The number of fused-ring (bicyclic) bond motifs is 1. The number of nitrogens with one attached hydrogen (secondary N) is 1.